The highest BCUT2D eigenvalue weighted by Gasteiger charge is 2.27. The normalized spacial score (nSPS) is 12.8. The molecule has 0 bridgehead atoms. The number of ketones is 1. The Morgan fingerprint density at radius 2 is 1.92 bits per heavy atom. The molecule has 1 aromatic rings. The van der Waals surface area contributed by atoms with Crippen molar-refractivity contribution in [1.82, 2.24) is 5.32 Å². The lowest BCUT2D eigenvalue weighted by molar-refractivity contribution is -0.151. The van der Waals surface area contributed by atoms with E-state index in [0.717, 1.165) is 11.3 Å². The van der Waals surface area contributed by atoms with E-state index in [1.54, 1.807) is 19.1 Å². The molecule has 0 aromatic carbocycles. The molecule has 0 fully saturated rings. The zero-order chi connectivity index (χ0) is 19.7. The average Bonchev–Trinajstić information content (AvgIpc) is 3.07. The van der Waals surface area contributed by atoms with Gasteiger partial charge in [0.2, 0.25) is 0 Å². The third-order valence-electron chi connectivity index (χ3n) is 3.75. The van der Waals surface area contributed by atoms with Crippen molar-refractivity contribution in [3.05, 3.63) is 21.3 Å². The van der Waals surface area contributed by atoms with Gasteiger partial charge in [0.15, 0.2) is 12.4 Å². The standard InChI is InChI=1S/C17H22ClNO6S/c1-4-10(2)16(17(23)24-3)19-14(21)9-25-15(22)8-5-11(20)12-6-7-13(18)26-12/h6-7,10,16H,4-5,8-9H2,1-3H3,(H,19,21)/t10-,16+/m1/s1. The van der Waals surface area contributed by atoms with Crippen LogP contribution in [0, 0.1) is 5.92 Å². The topological polar surface area (TPSA) is 98.8 Å². The van der Waals surface area contributed by atoms with Gasteiger partial charge < -0.3 is 14.8 Å². The fraction of sp³-hybridized carbons (Fsp3) is 0.529. The van der Waals surface area contributed by atoms with Gasteiger partial charge in [0.1, 0.15) is 6.04 Å². The van der Waals surface area contributed by atoms with Gasteiger partial charge in [-0.1, -0.05) is 31.9 Å². The smallest absolute Gasteiger partial charge is 0.328 e. The van der Waals surface area contributed by atoms with E-state index < -0.39 is 30.5 Å². The third-order valence-corrected chi connectivity index (χ3v) is 5.03. The number of thiophene rings is 1. The van der Waals surface area contributed by atoms with E-state index in [0.29, 0.717) is 15.6 Å². The molecule has 9 heteroatoms. The highest BCUT2D eigenvalue weighted by Crippen LogP contribution is 2.22. The van der Waals surface area contributed by atoms with Crippen molar-refractivity contribution in [2.75, 3.05) is 13.7 Å². The quantitative estimate of drug-likeness (QED) is 0.476. The Morgan fingerprint density at radius 1 is 1.23 bits per heavy atom. The molecule has 26 heavy (non-hydrogen) atoms. The SMILES string of the molecule is CC[C@@H](C)[C@H](NC(=O)COC(=O)CCC(=O)c1ccc(Cl)s1)C(=O)OC. The number of methoxy groups -OCH3 is 1. The first kappa shape index (κ1) is 22.1. The number of Topliss-reactive ketones (excluding diaryl/α,β-unsaturated/α-hetero) is 1. The summed E-state index contributed by atoms with van der Waals surface area (Å²) in [5, 5.41) is 2.50. The lowest BCUT2D eigenvalue weighted by Crippen LogP contribution is -2.47. The monoisotopic (exact) mass is 403 g/mol. The van der Waals surface area contributed by atoms with Crippen LogP contribution in [0.15, 0.2) is 12.1 Å². The van der Waals surface area contributed by atoms with E-state index in [2.05, 4.69) is 10.1 Å². The molecule has 1 heterocycles. The van der Waals surface area contributed by atoms with Crippen LogP contribution in [0.1, 0.15) is 42.8 Å². The van der Waals surface area contributed by atoms with E-state index in [1.807, 2.05) is 6.92 Å². The Labute approximate surface area is 161 Å². The molecular weight excluding hydrogens is 382 g/mol. The maximum atomic E-state index is 11.9. The average molecular weight is 404 g/mol. The molecule has 1 N–H and O–H groups in total. The first-order valence-corrected chi connectivity index (χ1v) is 9.29. The summed E-state index contributed by atoms with van der Waals surface area (Å²) in [7, 11) is 1.24. The minimum atomic E-state index is -0.804. The molecule has 0 saturated heterocycles. The van der Waals surface area contributed by atoms with Gasteiger partial charge in [0.25, 0.3) is 5.91 Å². The Morgan fingerprint density at radius 3 is 2.46 bits per heavy atom. The zero-order valence-electron chi connectivity index (χ0n) is 14.9. The van der Waals surface area contributed by atoms with Crippen LogP contribution in [0.4, 0.5) is 0 Å². The van der Waals surface area contributed by atoms with Crippen LogP contribution in [-0.4, -0.2) is 43.4 Å². The molecule has 0 aliphatic carbocycles. The number of carbonyl (C=O) groups is 4. The molecule has 0 radical (unpaired) electrons. The summed E-state index contributed by atoms with van der Waals surface area (Å²) in [5.41, 5.74) is 0. The van der Waals surface area contributed by atoms with E-state index in [9.17, 15) is 19.2 Å². The molecular formula is C17H22ClNO6S. The number of nitrogens with one attached hydrogen (secondary N) is 1. The molecule has 1 rings (SSSR count). The fourth-order valence-corrected chi connectivity index (χ4v) is 3.04. The highest BCUT2D eigenvalue weighted by atomic mass is 35.5. The van der Waals surface area contributed by atoms with Crippen molar-refractivity contribution in [1.29, 1.82) is 0 Å². The maximum Gasteiger partial charge on any atom is 0.328 e. The van der Waals surface area contributed by atoms with E-state index in [1.165, 1.54) is 7.11 Å². The molecule has 0 spiro atoms. The van der Waals surface area contributed by atoms with Crippen LogP contribution in [0.2, 0.25) is 4.34 Å². The molecule has 0 unspecified atom stereocenters. The Hall–Kier alpha value is -1.93. The molecule has 0 aliphatic rings. The van der Waals surface area contributed by atoms with Gasteiger partial charge in [-0.05, 0) is 18.1 Å². The third kappa shape index (κ3) is 7.13. The second-order valence-corrected chi connectivity index (χ2v) is 7.36. The molecule has 1 aromatic heterocycles. The summed E-state index contributed by atoms with van der Waals surface area (Å²) in [6.07, 6.45) is 0.483. The van der Waals surface area contributed by atoms with E-state index in [-0.39, 0.29) is 24.5 Å². The van der Waals surface area contributed by atoms with Gasteiger partial charge >= 0.3 is 11.9 Å². The lowest BCUT2D eigenvalue weighted by atomic mass is 9.99. The van der Waals surface area contributed by atoms with Crippen molar-refractivity contribution in [3.63, 3.8) is 0 Å². The van der Waals surface area contributed by atoms with Crippen molar-refractivity contribution >= 4 is 46.6 Å². The lowest BCUT2D eigenvalue weighted by Gasteiger charge is -2.21. The number of amides is 1. The fourth-order valence-electron chi connectivity index (χ4n) is 2.03. The molecule has 1 amide bonds. The molecule has 7 nitrogen and oxygen atoms in total. The summed E-state index contributed by atoms with van der Waals surface area (Å²) in [4.78, 5) is 47.6. The number of ether oxygens (including phenoxy) is 2. The van der Waals surface area contributed by atoms with Crippen LogP contribution in [-0.2, 0) is 23.9 Å². The predicted octanol–water partition coefficient (Wildman–Crippen LogP) is 2.61. The van der Waals surface area contributed by atoms with Crippen LogP contribution < -0.4 is 5.32 Å². The minimum absolute atomic E-state index is 0.0328. The Balaban J connectivity index is 2.39. The van der Waals surface area contributed by atoms with Crippen LogP contribution in [0.25, 0.3) is 0 Å². The van der Waals surface area contributed by atoms with Gasteiger partial charge in [-0.25, -0.2) is 4.79 Å². The number of carbonyl (C=O) groups excluding carboxylic acids is 4. The van der Waals surface area contributed by atoms with E-state index >= 15 is 0 Å². The van der Waals surface area contributed by atoms with Crippen molar-refractivity contribution in [2.24, 2.45) is 5.92 Å². The van der Waals surface area contributed by atoms with Crippen LogP contribution in [0.3, 0.4) is 0 Å². The second kappa shape index (κ2) is 10.9. The number of hydrogen-bond acceptors (Lipinski definition) is 7. The van der Waals surface area contributed by atoms with Gasteiger partial charge in [-0.3, -0.25) is 14.4 Å². The Bertz CT molecular complexity index is 659. The van der Waals surface area contributed by atoms with Gasteiger partial charge in [-0.2, -0.15) is 0 Å². The maximum absolute atomic E-state index is 11.9. The van der Waals surface area contributed by atoms with Crippen molar-refractivity contribution in [3.8, 4) is 0 Å². The van der Waals surface area contributed by atoms with Crippen molar-refractivity contribution in [2.45, 2.75) is 39.2 Å². The van der Waals surface area contributed by atoms with Gasteiger partial charge in [0.05, 0.1) is 22.7 Å². The largest absolute Gasteiger partial charge is 0.467 e. The predicted molar refractivity (Wildman–Crippen MR) is 97.3 cm³/mol. The molecule has 0 aliphatic heterocycles. The van der Waals surface area contributed by atoms with Gasteiger partial charge in [-0.15, -0.1) is 11.3 Å². The molecule has 144 valence electrons. The summed E-state index contributed by atoms with van der Waals surface area (Å²) < 4.78 is 10.0. The summed E-state index contributed by atoms with van der Waals surface area (Å²) in [5.74, 6) is -2.18. The van der Waals surface area contributed by atoms with E-state index in [4.69, 9.17) is 16.3 Å². The van der Waals surface area contributed by atoms with Crippen molar-refractivity contribution < 1.29 is 28.7 Å². The van der Waals surface area contributed by atoms with Crippen LogP contribution >= 0.6 is 22.9 Å². The molecule has 2 atom stereocenters. The minimum Gasteiger partial charge on any atom is -0.467 e. The van der Waals surface area contributed by atoms with Gasteiger partial charge in [0, 0.05) is 6.42 Å². The number of esters is 2. The number of halogens is 1. The summed E-state index contributed by atoms with van der Waals surface area (Å²) in [6.45, 7) is 3.16. The summed E-state index contributed by atoms with van der Waals surface area (Å²) >= 11 is 6.89. The summed E-state index contributed by atoms with van der Waals surface area (Å²) in [6, 6.07) is 2.40. The first-order chi connectivity index (χ1) is 12.3. The number of rotatable bonds is 10. The highest BCUT2D eigenvalue weighted by molar-refractivity contribution is 7.18. The zero-order valence-corrected chi connectivity index (χ0v) is 16.4. The Kier molecular flexibility index (Phi) is 9.29. The molecule has 0 saturated carbocycles. The second-order valence-electron chi connectivity index (χ2n) is 5.64. The van der Waals surface area contributed by atoms with Crippen LogP contribution in [0.5, 0.6) is 0 Å². The first-order valence-electron chi connectivity index (χ1n) is 8.09. The number of hydrogen-bond donors (Lipinski definition) is 1.